The Morgan fingerprint density at radius 1 is 0.400 bits per heavy atom. The second-order valence-corrected chi connectivity index (χ2v) is 8.87. The first-order valence-corrected chi connectivity index (χ1v) is 12.2. The van der Waals surface area contributed by atoms with E-state index in [2.05, 4.69) is 34.6 Å². The number of rotatable bonds is 19. The lowest BCUT2D eigenvalue weighted by Crippen LogP contribution is -2.20. The summed E-state index contributed by atoms with van der Waals surface area (Å²) in [5.41, 5.74) is 0. The summed E-state index contributed by atoms with van der Waals surface area (Å²) >= 11 is 0. The maximum absolute atomic E-state index is 2.56. The molecule has 2 atom stereocenters. The average Bonchev–Trinajstić information content (AvgIpc) is 2.60. The molecular weight excluding hydrogens is 300 g/mol. The molecule has 0 N–H and O–H groups in total. The predicted molar refractivity (Wildman–Crippen MR) is 117 cm³/mol. The number of unbranched alkanes of at least 4 members (excludes halogenated alkanes) is 11. The third kappa shape index (κ3) is 14.8. The minimum absolute atomic E-state index is 0.938. The predicted octanol–water partition coefficient (Wildman–Crippen LogP) is 9.57. The van der Waals surface area contributed by atoms with E-state index in [4.69, 9.17) is 0 Å². The molecule has 152 valence electrons. The van der Waals surface area contributed by atoms with Crippen LogP contribution in [0, 0.1) is 17.8 Å². The molecule has 2 unspecified atom stereocenters. The third-order valence-corrected chi connectivity index (χ3v) is 6.38. The number of hydrogen-bond donors (Lipinski definition) is 0. The Morgan fingerprint density at radius 3 is 1.16 bits per heavy atom. The van der Waals surface area contributed by atoms with Gasteiger partial charge >= 0.3 is 0 Å². The highest BCUT2D eigenvalue weighted by Gasteiger charge is 2.22. The molecule has 0 nitrogen and oxygen atoms in total. The Bertz CT molecular complexity index is 228. The molecule has 25 heavy (non-hydrogen) atoms. The zero-order valence-electron chi connectivity index (χ0n) is 18.8. The average molecular weight is 353 g/mol. The van der Waals surface area contributed by atoms with Gasteiger partial charge in [-0.05, 0) is 24.2 Å². The lowest BCUT2D eigenvalue weighted by atomic mass is 9.76. The van der Waals surface area contributed by atoms with Crippen LogP contribution in [-0.4, -0.2) is 0 Å². The Kier molecular flexibility index (Phi) is 18.8. The van der Waals surface area contributed by atoms with Crippen LogP contribution in [0.25, 0.3) is 0 Å². The van der Waals surface area contributed by atoms with E-state index in [1.54, 1.807) is 0 Å². The van der Waals surface area contributed by atoms with Crippen molar-refractivity contribution in [1.29, 1.82) is 0 Å². The molecular formula is C25H52. The highest BCUT2D eigenvalue weighted by molar-refractivity contribution is 4.73. The van der Waals surface area contributed by atoms with Crippen LogP contribution < -0.4 is 0 Å². The summed E-state index contributed by atoms with van der Waals surface area (Å²) in [6.07, 6.45) is 24.6. The number of hydrogen-bond acceptors (Lipinski definition) is 0. The lowest BCUT2D eigenvalue weighted by Gasteiger charge is -2.30. The summed E-state index contributed by atoms with van der Waals surface area (Å²) in [6, 6.07) is 0. The molecule has 0 fully saturated rings. The Labute approximate surface area is 161 Å². The molecule has 0 saturated heterocycles. The normalized spacial score (nSPS) is 15.2. The highest BCUT2D eigenvalue weighted by atomic mass is 14.3. The summed E-state index contributed by atoms with van der Waals surface area (Å²) in [7, 11) is 0. The zero-order chi connectivity index (χ0) is 18.8. The Balaban J connectivity index is 4.10. The Hall–Kier alpha value is 0. The van der Waals surface area contributed by atoms with Crippen LogP contribution in [0.15, 0.2) is 0 Å². The van der Waals surface area contributed by atoms with Crippen LogP contribution in [0.3, 0.4) is 0 Å². The van der Waals surface area contributed by atoms with E-state index in [1.165, 1.54) is 109 Å². The van der Waals surface area contributed by atoms with E-state index in [0.29, 0.717) is 0 Å². The molecule has 0 heterocycles. The second-order valence-electron chi connectivity index (χ2n) is 8.87. The van der Waals surface area contributed by atoms with Crippen molar-refractivity contribution in [1.82, 2.24) is 0 Å². The van der Waals surface area contributed by atoms with Gasteiger partial charge in [-0.25, -0.2) is 0 Å². The van der Waals surface area contributed by atoms with Gasteiger partial charge in [0.15, 0.2) is 0 Å². The van der Waals surface area contributed by atoms with Gasteiger partial charge < -0.3 is 0 Å². The summed E-state index contributed by atoms with van der Waals surface area (Å²) in [5, 5.41) is 0. The van der Waals surface area contributed by atoms with Crippen LogP contribution >= 0.6 is 0 Å². The van der Waals surface area contributed by atoms with Crippen LogP contribution in [0.5, 0.6) is 0 Å². The molecule has 0 aromatic heterocycles. The third-order valence-electron chi connectivity index (χ3n) is 6.38. The molecule has 0 radical (unpaired) electrons. The van der Waals surface area contributed by atoms with Crippen molar-refractivity contribution in [2.45, 2.75) is 144 Å². The smallest absolute Gasteiger partial charge is 0.0363 e. The quantitative estimate of drug-likeness (QED) is 0.203. The molecule has 0 spiro atoms. The summed E-state index contributed by atoms with van der Waals surface area (Å²) in [5.74, 6) is 2.86. The van der Waals surface area contributed by atoms with E-state index >= 15 is 0 Å². The monoisotopic (exact) mass is 352 g/mol. The largest absolute Gasteiger partial charge is 0.0654 e. The minimum Gasteiger partial charge on any atom is -0.0654 e. The van der Waals surface area contributed by atoms with E-state index in [0.717, 1.165) is 17.8 Å². The topological polar surface area (TPSA) is 0 Å². The molecule has 0 rings (SSSR count). The van der Waals surface area contributed by atoms with Gasteiger partial charge in [0.2, 0.25) is 0 Å². The van der Waals surface area contributed by atoms with Crippen molar-refractivity contribution in [3.05, 3.63) is 0 Å². The van der Waals surface area contributed by atoms with Crippen molar-refractivity contribution < 1.29 is 0 Å². The van der Waals surface area contributed by atoms with Gasteiger partial charge in [-0.1, -0.05) is 137 Å². The van der Waals surface area contributed by atoms with E-state index in [-0.39, 0.29) is 0 Å². The molecule has 0 heteroatoms. The standard InChI is InChI=1S/C25H52/c1-6-9-12-13-14-15-16-19-22-25(23(4)20-17-10-7-2)24(5)21-18-11-8-3/h23-25H,6-22H2,1-5H3. The molecule has 0 aromatic rings. The maximum Gasteiger partial charge on any atom is -0.0363 e. The molecule has 0 aliphatic carbocycles. The van der Waals surface area contributed by atoms with Crippen molar-refractivity contribution in [2.24, 2.45) is 17.8 Å². The van der Waals surface area contributed by atoms with Crippen molar-refractivity contribution in [3.63, 3.8) is 0 Å². The van der Waals surface area contributed by atoms with Gasteiger partial charge in [0.25, 0.3) is 0 Å². The molecule has 0 aliphatic heterocycles. The van der Waals surface area contributed by atoms with Crippen molar-refractivity contribution in [3.8, 4) is 0 Å². The fraction of sp³-hybridized carbons (Fsp3) is 1.00. The van der Waals surface area contributed by atoms with Gasteiger partial charge in [0, 0.05) is 0 Å². The maximum atomic E-state index is 2.56. The van der Waals surface area contributed by atoms with E-state index < -0.39 is 0 Å². The lowest BCUT2D eigenvalue weighted by molar-refractivity contribution is 0.205. The van der Waals surface area contributed by atoms with E-state index in [9.17, 15) is 0 Å². The summed E-state index contributed by atoms with van der Waals surface area (Å²) in [4.78, 5) is 0. The first-order chi connectivity index (χ1) is 12.2. The van der Waals surface area contributed by atoms with Gasteiger partial charge in [0.1, 0.15) is 0 Å². The van der Waals surface area contributed by atoms with Crippen LogP contribution in [0.2, 0.25) is 0 Å². The van der Waals surface area contributed by atoms with Gasteiger partial charge in [-0.15, -0.1) is 0 Å². The zero-order valence-corrected chi connectivity index (χ0v) is 18.8. The first-order valence-electron chi connectivity index (χ1n) is 12.2. The molecule has 0 bridgehead atoms. The van der Waals surface area contributed by atoms with Gasteiger partial charge in [-0.3, -0.25) is 0 Å². The SMILES string of the molecule is CCCCCCCCCCC(C(C)CCCCC)C(C)CCCCC. The molecule has 0 aliphatic rings. The highest BCUT2D eigenvalue weighted by Crippen LogP contribution is 2.33. The first kappa shape index (κ1) is 25.0. The molecule has 0 aromatic carbocycles. The van der Waals surface area contributed by atoms with Crippen LogP contribution in [0.4, 0.5) is 0 Å². The van der Waals surface area contributed by atoms with Crippen LogP contribution in [0.1, 0.15) is 144 Å². The minimum atomic E-state index is 0.938. The van der Waals surface area contributed by atoms with Crippen LogP contribution in [-0.2, 0) is 0 Å². The van der Waals surface area contributed by atoms with Crippen molar-refractivity contribution >= 4 is 0 Å². The second kappa shape index (κ2) is 18.8. The van der Waals surface area contributed by atoms with Gasteiger partial charge in [0.05, 0.1) is 0 Å². The van der Waals surface area contributed by atoms with Crippen molar-refractivity contribution in [2.75, 3.05) is 0 Å². The summed E-state index contributed by atoms with van der Waals surface area (Å²) in [6.45, 7) is 12.1. The fourth-order valence-corrected chi connectivity index (χ4v) is 4.50. The Morgan fingerprint density at radius 2 is 0.720 bits per heavy atom. The molecule has 0 amide bonds. The van der Waals surface area contributed by atoms with E-state index in [1.807, 2.05) is 0 Å². The summed E-state index contributed by atoms with van der Waals surface area (Å²) < 4.78 is 0. The fourth-order valence-electron chi connectivity index (χ4n) is 4.50. The van der Waals surface area contributed by atoms with Gasteiger partial charge in [-0.2, -0.15) is 0 Å². The molecule has 0 saturated carbocycles.